The normalized spacial score (nSPS) is 19.7. The van der Waals surface area contributed by atoms with Gasteiger partial charge < -0.3 is 9.64 Å². The standard InChI is InChI=1S/C18H23NO2/c1-14(20)16(12-15-8-6-5-7-9-15)10-11-17-19(4)18(2,3)13-21-17/h5-11H,12-13H2,1-4H3/b16-10+,17-11+. The van der Waals surface area contributed by atoms with Gasteiger partial charge >= 0.3 is 0 Å². The zero-order valence-corrected chi connectivity index (χ0v) is 13.2. The monoisotopic (exact) mass is 285 g/mol. The first-order valence-corrected chi connectivity index (χ1v) is 7.22. The van der Waals surface area contributed by atoms with Crippen LogP contribution in [0, 0.1) is 0 Å². The van der Waals surface area contributed by atoms with Gasteiger partial charge in [-0.05, 0) is 44.1 Å². The molecular weight excluding hydrogens is 262 g/mol. The predicted molar refractivity (Wildman–Crippen MR) is 84.8 cm³/mol. The molecule has 0 N–H and O–H groups in total. The number of nitrogens with zero attached hydrogens (tertiary/aromatic N) is 1. The molecule has 1 heterocycles. The van der Waals surface area contributed by atoms with Crippen LogP contribution in [-0.2, 0) is 16.0 Å². The highest BCUT2D eigenvalue weighted by Crippen LogP contribution is 2.27. The topological polar surface area (TPSA) is 29.5 Å². The number of Topliss-reactive ketones (excluding diaryl/α,β-unsaturated/α-hetero) is 1. The second-order valence-electron chi connectivity index (χ2n) is 6.08. The molecule has 0 radical (unpaired) electrons. The van der Waals surface area contributed by atoms with Crippen LogP contribution in [0.3, 0.4) is 0 Å². The summed E-state index contributed by atoms with van der Waals surface area (Å²) in [4.78, 5) is 13.9. The maximum Gasteiger partial charge on any atom is 0.189 e. The van der Waals surface area contributed by atoms with Gasteiger partial charge in [0.25, 0.3) is 0 Å². The molecule has 1 aliphatic heterocycles. The molecule has 1 aromatic carbocycles. The van der Waals surface area contributed by atoms with Gasteiger partial charge in [0.2, 0.25) is 0 Å². The van der Waals surface area contributed by atoms with E-state index in [-0.39, 0.29) is 11.3 Å². The van der Waals surface area contributed by atoms with Crippen molar-refractivity contribution >= 4 is 5.78 Å². The van der Waals surface area contributed by atoms with Crippen LogP contribution < -0.4 is 0 Å². The molecular formula is C18H23NO2. The molecule has 3 heteroatoms. The van der Waals surface area contributed by atoms with E-state index in [1.54, 1.807) is 6.92 Å². The first kappa shape index (κ1) is 15.4. The summed E-state index contributed by atoms with van der Waals surface area (Å²) >= 11 is 0. The number of allylic oxidation sites excluding steroid dienone is 3. The second kappa shape index (κ2) is 6.17. The lowest BCUT2D eigenvalue weighted by atomic mass is 10.0. The Labute approximate surface area is 126 Å². The summed E-state index contributed by atoms with van der Waals surface area (Å²) in [6, 6.07) is 10.0. The summed E-state index contributed by atoms with van der Waals surface area (Å²) in [5, 5.41) is 0. The SMILES string of the molecule is CC(=O)/C(=C/C=C1/OCC(C)(C)N1C)Cc1ccccc1. The van der Waals surface area contributed by atoms with Crippen LogP contribution in [0.1, 0.15) is 26.3 Å². The zero-order valence-electron chi connectivity index (χ0n) is 13.2. The van der Waals surface area contributed by atoms with Gasteiger partial charge in [-0.15, -0.1) is 0 Å². The van der Waals surface area contributed by atoms with Crippen molar-refractivity contribution in [2.75, 3.05) is 13.7 Å². The number of likely N-dealkylation sites (N-methyl/N-ethyl adjacent to an activating group) is 1. The third kappa shape index (κ3) is 3.75. The lowest BCUT2D eigenvalue weighted by Crippen LogP contribution is -2.36. The van der Waals surface area contributed by atoms with Crippen LogP contribution in [0.15, 0.2) is 53.9 Å². The maximum absolute atomic E-state index is 11.8. The highest BCUT2D eigenvalue weighted by Gasteiger charge is 2.33. The van der Waals surface area contributed by atoms with Crippen LogP contribution in [0.4, 0.5) is 0 Å². The van der Waals surface area contributed by atoms with Crippen molar-refractivity contribution in [1.82, 2.24) is 4.90 Å². The molecule has 1 fully saturated rings. The molecule has 3 nitrogen and oxygen atoms in total. The lowest BCUT2D eigenvalue weighted by Gasteiger charge is -2.25. The molecule has 0 atom stereocenters. The second-order valence-corrected chi connectivity index (χ2v) is 6.08. The fourth-order valence-electron chi connectivity index (χ4n) is 2.19. The van der Waals surface area contributed by atoms with Gasteiger partial charge in [0, 0.05) is 13.5 Å². The average Bonchev–Trinajstić information content (AvgIpc) is 2.70. The van der Waals surface area contributed by atoms with Gasteiger partial charge in [-0.2, -0.15) is 0 Å². The van der Waals surface area contributed by atoms with Crippen molar-refractivity contribution in [3.8, 4) is 0 Å². The van der Waals surface area contributed by atoms with Crippen molar-refractivity contribution in [3.63, 3.8) is 0 Å². The minimum absolute atomic E-state index is 0.00447. The molecule has 21 heavy (non-hydrogen) atoms. The molecule has 1 saturated heterocycles. The third-order valence-corrected chi connectivity index (χ3v) is 3.93. The van der Waals surface area contributed by atoms with Crippen molar-refractivity contribution in [1.29, 1.82) is 0 Å². The first-order chi connectivity index (χ1) is 9.90. The van der Waals surface area contributed by atoms with Crippen LogP contribution in [0.2, 0.25) is 0 Å². The Morgan fingerprint density at radius 3 is 2.52 bits per heavy atom. The van der Waals surface area contributed by atoms with Crippen molar-refractivity contribution in [2.24, 2.45) is 0 Å². The number of ether oxygens (including phenoxy) is 1. The van der Waals surface area contributed by atoms with Gasteiger partial charge in [-0.3, -0.25) is 4.79 Å². The lowest BCUT2D eigenvalue weighted by molar-refractivity contribution is -0.113. The molecule has 0 saturated carbocycles. The number of rotatable bonds is 4. The number of hydrogen-bond donors (Lipinski definition) is 0. The molecule has 1 aromatic rings. The molecule has 1 aliphatic rings. The van der Waals surface area contributed by atoms with E-state index in [4.69, 9.17) is 4.74 Å². The Morgan fingerprint density at radius 2 is 2.00 bits per heavy atom. The Bertz CT molecular complexity index is 570. The average molecular weight is 285 g/mol. The molecule has 0 aromatic heterocycles. The van der Waals surface area contributed by atoms with Gasteiger partial charge in [0.1, 0.15) is 6.61 Å². The van der Waals surface area contributed by atoms with Gasteiger partial charge in [-0.1, -0.05) is 30.3 Å². The van der Waals surface area contributed by atoms with Crippen molar-refractivity contribution in [3.05, 3.63) is 59.5 Å². The predicted octanol–water partition coefficient (Wildman–Crippen LogP) is 3.33. The number of carbonyl (C=O) groups excluding carboxylic acids is 1. The van der Waals surface area contributed by atoms with E-state index in [2.05, 4.69) is 18.7 Å². The summed E-state index contributed by atoms with van der Waals surface area (Å²) in [5.74, 6) is 0.905. The minimum Gasteiger partial charge on any atom is -0.477 e. The highest BCUT2D eigenvalue weighted by molar-refractivity contribution is 5.94. The smallest absolute Gasteiger partial charge is 0.189 e. The summed E-state index contributed by atoms with van der Waals surface area (Å²) in [5.41, 5.74) is 1.92. The Balaban J connectivity index is 2.18. The van der Waals surface area contributed by atoms with Crippen molar-refractivity contribution in [2.45, 2.75) is 32.7 Å². The van der Waals surface area contributed by atoms with E-state index in [0.717, 1.165) is 17.0 Å². The molecule has 112 valence electrons. The van der Waals surface area contributed by atoms with E-state index in [1.165, 1.54) is 0 Å². The minimum atomic E-state index is -0.00447. The van der Waals surface area contributed by atoms with Crippen LogP contribution >= 0.6 is 0 Å². The van der Waals surface area contributed by atoms with Crippen LogP contribution in [-0.4, -0.2) is 29.9 Å². The fourth-order valence-corrected chi connectivity index (χ4v) is 2.19. The summed E-state index contributed by atoms with van der Waals surface area (Å²) in [6.07, 6.45) is 4.42. The van der Waals surface area contributed by atoms with Crippen LogP contribution in [0.25, 0.3) is 0 Å². The number of carbonyl (C=O) groups is 1. The Morgan fingerprint density at radius 1 is 1.33 bits per heavy atom. The number of benzene rings is 1. The molecule has 0 spiro atoms. The number of ketones is 1. The van der Waals surface area contributed by atoms with E-state index in [9.17, 15) is 4.79 Å². The fraction of sp³-hybridized carbons (Fsp3) is 0.389. The third-order valence-electron chi connectivity index (χ3n) is 3.93. The largest absolute Gasteiger partial charge is 0.477 e. The molecule has 2 rings (SSSR count). The van der Waals surface area contributed by atoms with E-state index in [0.29, 0.717) is 13.0 Å². The molecule has 0 aliphatic carbocycles. The Hall–Kier alpha value is -2.03. The van der Waals surface area contributed by atoms with Gasteiger partial charge in [0.15, 0.2) is 11.7 Å². The molecule has 0 bridgehead atoms. The summed E-state index contributed by atoms with van der Waals surface area (Å²) in [6.45, 7) is 6.54. The van der Waals surface area contributed by atoms with Gasteiger partial charge in [-0.25, -0.2) is 0 Å². The Kier molecular flexibility index (Phi) is 4.51. The number of hydrogen-bond acceptors (Lipinski definition) is 3. The van der Waals surface area contributed by atoms with Crippen LogP contribution in [0.5, 0.6) is 0 Å². The maximum atomic E-state index is 11.8. The quantitative estimate of drug-likeness (QED) is 0.795. The first-order valence-electron chi connectivity index (χ1n) is 7.22. The van der Waals surface area contributed by atoms with E-state index < -0.39 is 0 Å². The summed E-state index contributed by atoms with van der Waals surface area (Å²) < 4.78 is 5.69. The van der Waals surface area contributed by atoms with E-state index in [1.807, 2.05) is 49.5 Å². The van der Waals surface area contributed by atoms with Crippen molar-refractivity contribution < 1.29 is 9.53 Å². The molecule has 0 unspecified atom stereocenters. The molecule has 0 amide bonds. The van der Waals surface area contributed by atoms with E-state index >= 15 is 0 Å². The van der Waals surface area contributed by atoms with Gasteiger partial charge in [0.05, 0.1) is 5.54 Å². The highest BCUT2D eigenvalue weighted by atomic mass is 16.5. The summed E-state index contributed by atoms with van der Waals surface area (Å²) in [7, 11) is 2.01. The zero-order chi connectivity index (χ0) is 15.5.